The number of aliphatic carboxylic acids is 1. The van der Waals surface area contributed by atoms with E-state index in [0.29, 0.717) is 23.2 Å². The van der Waals surface area contributed by atoms with Gasteiger partial charge in [-0.25, -0.2) is 0 Å². The zero-order valence-corrected chi connectivity index (χ0v) is 38.2. The number of nitrogens with two attached hydrogens (primary N) is 2. The van der Waals surface area contributed by atoms with Crippen molar-refractivity contribution in [3.05, 3.63) is 108 Å². The van der Waals surface area contributed by atoms with Gasteiger partial charge >= 0.3 is 5.97 Å². The molecule has 22 nitrogen and oxygen atoms in total. The number of rotatable bonds is 19. The van der Waals surface area contributed by atoms with Crippen LogP contribution >= 0.6 is 0 Å². The summed E-state index contributed by atoms with van der Waals surface area (Å²) in [7, 11) is -4.47. The molecule has 5 rings (SSSR count). The molecule has 1 saturated heterocycles. The third-order valence-corrected chi connectivity index (χ3v) is 11.7. The maximum absolute atomic E-state index is 14.3. The number of anilines is 1. The maximum atomic E-state index is 14.3. The lowest BCUT2D eigenvalue weighted by Gasteiger charge is -2.26. The van der Waals surface area contributed by atoms with Gasteiger partial charge in [-0.3, -0.25) is 48.5 Å². The number of carboxylic acids is 1. The third kappa shape index (κ3) is 16.7. The van der Waals surface area contributed by atoms with Crippen LogP contribution in [0.15, 0.2) is 106 Å². The minimum absolute atomic E-state index is 0.0172. The number of guanidine groups is 1. The molecule has 69 heavy (non-hydrogen) atoms. The molecule has 23 heteroatoms. The SMILES string of the molecule is NC(N)=NCCC[C@@H]1NC(=O)[C@H](CCCCNC(=O)c2ccc(NN=Cc3ccccc3S(=O)(=O)O)cc2)NC(=O)[C@@H](Cc2ccc3ccccc3c2)NC(=O)[C@H](CCC(=O)O)NC(=O)CNC1=O. The first kappa shape index (κ1) is 52.1. The summed E-state index contributed by atoms with van der Waals surface area (Å²) < 4.78 is 32.8. The number of carbonyl (C=O) groups is 7. The van der Waals surface area contributed by atoms with E-state index < -0.39 is 88.7 Å². The number of hydrazone groups is 1. The normalized spacial score (nSPS) is 18.4. The molecule has 0 saturated carbocycles. The van der Waals surface area contributed by atoms with E-state index in [1.807, 2.05) is 36.4 Å². The molecule has 1 fully saturated rings. The maximum Gasteiger partial charge on any atom is 0.303 e. The molecule has 4 aromatic rings. The van der Waals surface area contributed by atoms with Crippen LogP contribution in [0.25, 0.3) is 10.8 Å². The molecular weight excluding hydrogens is 915 g/mol. The quantitative estimate of drug-likeness (QED) is 0.0202. The molecule has 0 aliphatic carbocycles. The van der Waals surface area contributed by atoms with Gasteiger partial charge in [-0.15, -0.1) is 0 Å². The van der Waals surface area contributed by atoms with Crippen LogP contribution in [0.4, 0.5) is 5.69 Å². The standard InChI is InChI=1S/C46H55N11O11S/c47-46(48)50-23-7-12-34-42(62)51-27-39(58)53-36(20-21-40(59)60)44(64)56-37(25-28-14-15-29-8-1-2-9-31(29)24-28)45(65)55-35(43(63)54-34)11-5-6-22-49-41(61)30-16-18-33(19-17-30)57-52-26-32-10-3-4-13-38(32)69(66,67)68/h1-4,8-10,13-19,24,26,34-37,57H,5-7,11-12,20-23,25,27H2,(H,49,61)(H,51,62)(H,53,58)(H,54,63)(H,55,65)(H,56,64)(H,59,60)(H4,47,48,50)(H,66,67,68)/t34-,35-,36-,37+/m0/s1. The summed E-state index contributed by atoms with van der Waals surface area (Å²) in [5, 5.41) is 31.0. The molecule has 0 bridgehead atoms. The van der Waals surface area contributed by atoms with Gasteiger partial charge in [-0.05, 0) is 85.2 Å². The van der Waals surface area contributed by atoms with Crippen LogP contribution in [0.1, 0.15) is 66.4 Å². The first-order valence-electron chi connectivity index (χ1n) is 21.9. The van der Waals surface area contributed by atoms with Crippen LogP contribution < -0.4 is 48.8 Å². The number of carbonyl (C=O) groups excluding carboxylic acids is 6. The minimum Gasteiger partial charge on any atom is -0.481 e. The van der Waals surface area contributed by atoms with Crippen molar-refractivity contribution in [3.8, 4) is 0 Å². The van der Waals surface area contributed by atoms with Gasteiger partial charge in [0.05, 0.1) is 18.4 Å². The summed E-state index contributed by atoms with van der Waals surface area (Å²) in [5.74, 6) is -5.80. The molecule has 4 aromatic carbocycles. The second-order valence-electron chi connectivity index (χ2n) is 16.0. The molecule has 0 aromatic heterocycles. The Bertz CT molecular complexity index is 2680. The van der Waals surface area contributed by atoms with Crippen molar-refractivity contribution in [3.63, 3.8) is 0 Å². The van der Waals surface area contributed by atoms with E-state index in [9.17, 15) is 51.6 Å². The molecular formula is C46H55N11O11S. The lowest BCUT2D eigenvalue weighted by atomic mass is 9.99. The van der Waals surface area contributed by atoms with Crippen LogP contribution in [0.5, 0.6) is 0 Å². The second-order valence-corrected chi connectivity index (χ2v) is 17.4. The Morgan fingerprint density at radius 1 is 0.725 bits per heavy atom. The number of carboxylic acid groups (broad SMARTS) is 1. The highest BCUT2D eigenvalue weighted by molar-refractivity contribution is 7.86. The van der Waals surface area contributed by atoms with E-state index in [4.69, 9.17) is 11.5 Å². The smallest absolute Gasteiger partial charge is 0.303 e. The summed E-state index contributed by atoms with van der Waals surface area (Å²) in [5.41, 5.74) is 15.2. The Balaban J connectivity index is 1.30. The highest BCUT2D eigenvalue weighted by Crippen LogP contribution is 2.18. The lowest BCUT2D eigenvalue weighted by Crippen LogP contribution is -2.58. The fourth-order valence-electron chi connectivity index (χ4n) is 7.21. The van der Waals surface area contributed by atoms with Gasteiger partial charge < -0.3 is 48.5 Å². The van der Waals surface area contributed by atoms with Gasteiger partial charge in [0.15, 0.2) is 5.96 Å². The molecule has 0 spiro atoms. The number of amides is 6. The minimum atomic E-state index is -4.47. The summed E-state index contributed by atoms with van der Waals surface area (Å²) >= 11 is 0. The fourth-order valence-corrected chi connectivity index (χ4v) is 7.88. The van der Waals surface area contributed by atoms with Crippen molar-refractivity contribution in [2.45, 2.75) is 80.4 Å². The predicted molar refractivity (Wildman–Crippen MR) is 255 cm³/mol. The van der Waals surface area contributed by atoms with E-state index in [1.54, 1.807) is 24.3 Å². The van der Waals surface area contributed by atoms with E-state index in [-0.39, 0.29) is 68.0 Å². The van der Waals surface area contributed by atoms with Gasteiger partial charge in [0.1, 0.15) is 29.1 Å². The first-order valence-corrected chi connectivity index (χ1v) is 23.4. The molecule has 1 aliphatic heterocycles. The van der Waals surface area contributed by atoms with Crippen LogP contribution in [0.2, 0.25) is 0 Å². The third-order valence-electron chi connectivity index (χ3n) is 10.8. The Hall–Kier alpha value is -7.92. The topological polar surface area (TPSA) is 355 Å². The summed E-state index contributed by atoms with van der Waals surface area (Å²) in [6.07, 6.45) is 1.19. The van der Waals surface area contributed by atoms with Gasteiger partial charge in [0.2, 0.25) is 29.5 Å². The Labute approximate surface area is 397 Å². The van der Waals surface area contributed by atoms with E-state index in [0.717, 1.165) is 10.8 Å². The van der Waals surface area contributed by atoms with Gasteiger partial charge in [0.25, 0.3) is 16.0 Å². The molecule has 1 aliphatic rings. The van der Waals surface area contributed by atoms with Crippen molar-refractivity contribution in [1.29, 1.82) is 0 Å². The van der Waals surface area contributed by atoms with Crippen LogP contribution in [0, 0.1) is 0 Å². The molecule has 4 atom stereocenters. The number of unbranched alkanes of at least 4 members (excludes halogenated alkanes) is 1. The summed E-state index contributed by atoms with van der Waals surface area (Å²) in [4.78, 5) is 97.0. The van der Waals surface area contributed by atoms with Crippen LogP contribution in [-0.2, 0) is 45.3 Å². The monoisotopic (exact) mass is 969 g/mol. The van der Waals surface area contributed by atoms with E-state index >= 15 is 0 Å². The highest BCUT2D eigenvalue weighted by Gasteiger charge is 2.33. The lowest BCUT2D eigenvalue weighted by molar-refractivity contribution is -0.138. The van der Waals surface area contributed by atoms with Crippen LogP contribution in [-0.4, -0.2) is 115 Å². The second kappa shape index (κ2) is 25.3. The zero-order valence-electron chi connectivity index (χ0n) is 37.4. The number of benzene rings is 4. The number of nitrogens with one attached hydrogen (secondary N) is 7. The highest BCUT2D eigenvalue weighted by atomic mass is 32.2. The zero-order chi connectivity index (χ0) is 49.9. The van der Waals surface area contributed by atoms with Gasteiger partial charge in [-0.1, -0.05) is 60.7 Å². The van der Waals surface area contributed by atoms with Crippen molar-refractivity contribution < 1.29 is 51.6 Å². The number of hydrogen-bond donors (Lipinski definition) is 11. The average molecular weight is 970 g/mol. The predicted octanol–water partition coefficient (Wildman–Crippen LogP) is 0.663. The Morgan fingerprint density at radius 2 is 1.35 bits per heavy atom. The molecule has 0 radical (unpaired) electrons. The molecule has 13 N–H and O–H groups in total. The number of aliphatic imine (C=N–C) groups is 1. The van der Waals surface area contributed by atoms with E-state index in [2.05, 4.69) is 47.4 Å². The van der Waals surface area contributed by atoms with Gasteiger partial charge in [-0.2, -0.15) is 13.5 Å². The summed E-state index contributed by atoms with van der Waals surface area (Å²) in [6, 6.07) is 19.7. The Morgan fingerprint density at radius 3 is 2.04 bits per heavy atom. The summed E-state index contributed by atoms with van der Waals surface area (Å²) in [6.45, 7) is -0.361. The largest absolute Gasteiger partial charge is 0.481 e. The van der Waals surface area contributed by atoms with E-state index in [1.165, 1.54) is 36.5 Å². The van der Waals surface area contributed by atoms with Crippen molar-refractivity contribution in [2.75, 3.05) is 25.1 Å². The van der Waals surface area contributed by atoms with Crippen molar-refractivity contribution >= 4 is 80.2 Å². The van der Waals surface area contributed by atoms with Crippen molar-refractivity contribution in [1.82, 2.24) is 31.9 Å². The number of hydrogen-bond acceptors (Lipinski definition) is 12. The molecule has 0 unspecified atom stereocenters. The van der Waals surface area contributed by atoms with Crippen molar-refractivity contribution in [2.24, 2.45) is 21.6 Å². The van der Waals surface area contributed by atoms with Crippen LogP contribution in [0.3, 0.4) is 0 Å². The molecule has 366 valence electrons. The van der Waals surface area contributed by atoms with Gasteiger partial charge in [0, 0.05) is 37.1 Å². The number of nitrogens with zero attached hydrogens (tertiary/aromatic N) is 2. The Kier molecular flexibility index (Phi) is 19.1. The molecule has 6 amide bonds. The number of fused-ring (bicyclic) bond motifs is 1. The fraction of sp³-hybridized carbons (Fsp3) is 0.326. The average Bonchev–Trinajstić information content (AvgIpc) is 3.31. The molecule has 1 heterocycles. The first-order chi connectivity index (χ1) is 33.0.